The smallest absolute Gasteiger partial charge is 0.308 e. The molecule has 1 atom stereocenters. The highest BCUT2D eigenvalue weighted by Gasteiger charge is 2.25. The zero-order valence-electron chi connectivity index (χ0n) is 14.0. The van der Waals surface area contributed by atoms with E-state index in [0.717, 1.165) is 0 Å². The fourth-order valence-electron chi connectivity index (χ4n) is 2.83. The molecule has 0 aliphatic heterocycles. The van der Waals surface area contributed by atoms with Crippen molar-refractivity contribution in [2.24, 2.45) is 5.92 Å². The van der Waals surface area contributed by atoms with Gasteiger partial charge in [0, 0.05) is 17.4 Å². The monoisotopic (exact) mass is 338 g/mol. The van der Waals surface area contributed by atoms with Crippen LogP contribution in [-0.2, 0) is 16.0 Å². The first kappa shape index (κ1) is 16.8. The third kappa shape index (κ3) is 3.26. The summed E-state index contributed by atoms with van der Waals surface area (Å²) < 4.78 is 10.6. The molecule has 0 fully saturated rings. The molecule has 0 radical (unpaired) electrons. The summed E-state index contributed by atoms with van der Waals surface area (Å²) in [6.45, 7) is 1.72. The van der Waals surface area contributed by atoms with Gasteiger partial charge in [0.25, 0.3) is 0 Å². The Morgan fingerprint density at radius 2 is 1.88 bits per heavy atom. The van der Waals surface area contributed by atoms with Gasteiger partial charge >= 0.3 is 5.97 Å². The molecule has 3 rings (SSSR count). The molecule has 0 aliphatic rings. The molecule has 0 bridgehead atoms. The molecule has 0 saturated heterocycles. The lowest BCUT2D eigenvalue weighted by atomic mass is 9.96. The van der Waals surface area contributed by atoms with Crippen LogP contribution in [0.1, 0.15) is 28.6 Å². The molecule has 1 N–H and O–H groups in total. The Morgan fingerprint density at radius 3 is 2.56 bits per heavy atom. The summed E-state index contributed by atoms with van der Waals surface area (Å²) in [6.07, 6.45) is 0.232. The van der Waals surface area contributed by atoms with Crippen molar-refractivity contribution in [3.63, 3.8) is 0 Å². The number of hydrogen-bond donors (Lipinski definition) is 1. The first-order valence-electron chi connectivity index (χ1n) is 7.93. The summed E-state index contributed by atoms with van der Waals surface area (Å²) in [5, 5.41) is 10.3. The number of rotatable bonds is 5. The van der Waals surface area contributed by atoms with Crippen LogP contribution in [0, 0.1) is 5.92 Å². The van der Waals surface area contributed by atoms with Crippen LogP contribution in [0.3, 0.4) is 0 Å². The lowest BCUT2D eigenvalue weighted by Gasteiger charge is -2.08. The van der Waals surface area contributed by atoms with E-state index in [1.54, 1.807) is 37.3 Å². The molecule has 1 aromatic heterocycles. The van der Waals surface area contributed by atoms with Crippen LogP contribution in [0.25, 0.3) is 11.0 Å². The minimum atomic E-state index is -0.457. The molecule has 1 heterocycles. The van der Waals surface area contributed by atoms with Gasteiger partial charge < -0.3 is 14.3 Å². The van der Waals surface area contributed by atoms with E-state index in [1.165, 1.54) is 19.2 Å². The molecule has 0 aliphatic carbocycles. The van der Waals surface area contributed by atoms with Crippen LogP contribution < -0.4 is 0 Å². The van der Waals surface area contributed by atoms with Gasteiger partial charge in [0.1, 0.15) is 17.1 Å². The number of aromatic hydroxyl groups is 1. The number of carbonyl (C=O) groups excluding carboxylic acids is 2. The normalized spacial score (nSPS) is 12.1. The number of phenolic OH excluding ortho intramolecular Hbond substituents is 1. The van der Waals surface area contributed by atoms with E-state index in [2.05, 4.69) is 0 Å². The van der Waals surface area contributed by atoms with E-state index >= 15 is 0 Å². The summed E-state index contributed by atoms with van der Waals surface area (Å²) in [7, 11) is 1.32. The summed E-state index contributed by atoms with van der Waals surface area (Å²) in [4.78, 5) is 24.8. The van der Waals surface area contributed by atoms with Gasteiger partial charge in [0.15, 0.2) is 5.78 Å². The van der Waals surface area contributed by atoms with Gasteiger partial charge in [-0.15, -0.1) is 0 Å². The Morgan fingerprint density at radius 1 is 1.16 bits per heavy atom. The minimum Gasteiger partial charge on any atom is -0.508 e. The lowest BCUT2D eigenvalue weighted by molar-refractivity contribution is -0.144. The zero-order valence-corrected chi connectivity index (χ0v) is 14.0. The number of phenols is 1. The molecule has 3 aromatic rings. The van der Waals surface area contributed by atoms with E-state index in [9.17, 15) is 14.7 Å². The first-order chi connectivity index (χ1) is 12.0. The Kier molecular flexibility index (Phi) is 4.57. The first-order valence-corrected chi connectivity index (χ1v) is 7.93. The number of hydrogen-bond acceptors (Lipinski definition) is 5. The van der Waals surface area contributed by atoms with Gasteiger partial charge in [-0.25, -0.2) is 0 Å². The van der Waals surface area contributed by atoms with E-state index < -0.39 is 5.92 Å². The number of fused-ring (bicyclic) bond motifs is 1. The highest BCUT2D eigenvalue weighted by Crippen LogP contribution is 2.32. The maximum absolute atomic E-state index is 13.0. The molecule has 128 valence electrons. The maximum atomic E-state index is 13.0. The Bertz CT molecular complexity index is 924. The largest absolute Gasteiger partial charge is 0.508 e. The summed E-state index contributed by atoms with van der Waals surface area (Å²) in [5.41, 5.74) is 1.37. The number of carbonyl (C=O) groups is 2. The predicted octanol–water partition coefficient (Wildman–Crippen LogP) is 3.72. The maximum Gasteiger partial charge on any atom is 0.308 e. The fraction of sp³-hybridized carbons (Fsp3) is 0.200. The van der Waals surface area contributed by atoms with Crippen LogP contribution in [0.2, 0.25) is 0 Å². The lowest BCUT2D eigenvalue weighted by Crippen LogP contribution is -2.16. The zero-order chi connectivity index (χ0) is 18.0. The highest BCUT2D eigenvalue weighted by molar-refractivity contribution is 6.17. The Balaban J connectivity index is 2.13. The van der Waals surface area contributed by atoms with Crippen LogP contribution in [0.15, 0.2) is 52.9 Å². The van der Waals surface area contributed by atoms with Crippen LogP contribution in [0.4, 0.5) is 0 Å². The number of furan rings is 1. The second-order valence-corrected chi connectivity index (χ2v) is 5.90. The van der Waals surface area contributed by atoms with Gasteiger partial charge in [0.2, 0.25) is 0 Å². The average Bonchev–Trinajstić information content (AvgIpc) is 2.97. The van der Waals surface area contributed by atoms with E-state index in [4.69, 9.17) is 9.15 Å². The molecule has 25 heavy (non-hydrogen) atoms. The van der Waals surface area contributed by atoms with Crippen molar-refractivity contribution in [2.75, 3.05) is 7.11 Å². The quantitative estimate of drug-likeness (QED) is 0.567. The van der Waals surface area contributed by atoms with Crippen molar-refractivity contribution < 1.29 is 23.8 Å². The summed E-state index contributed by atoms with van der Waals surface area (Å²) >= 11 is 0. The van der Waals surface area contributed by atoms with Crippen molar-refractivity contribution in [3.05, 3.63) is 65.4 Å². The molecule has 2 aromatic carbocycles. The predicted molar refractivity (Wildman–Crippen MR) is 92.6 cm³/mol. The fourth-order valence-corrected chi connectivity index (χ4v) is 2.83. The van der Waals surface area contributed by atoms with Gasteiger partial charge in [-0.05, 0) is 18.2 Å². The standard InChI is InChI=1S/C20H18O5/c1-12(20(23)24-2)10-17-18(19(22)13-6-4-3-5-7-13)15-11-14(21)8-9-16(15)25-17/h3-9,11-12,21H,10H2,1-2H3. The van der Waals surface area contributed by atoms with Gasteiger partial charge in [-0.1, -0.05) is 37.3 Å². The van der Waals surface area contributed by atoms with Crippen LogP contribution in [-0.4, -0.2) is 24.0 Å². The molecule has 5 heteroatoms. The van der Waals surface area contributed by atoms with Crippen LogP contribution in [0.5, 0.6) is 5.75 Å². The van der Waals surface area contributed by atoms with Crippen molar-refractivity contribution in [2.45, 2.75) is 13.3 Å². The Labute approximate surface area is 144 Å². The second-order valence-electron chi connectivity index (χ2n) is 5.90. The molecular weight excluding hydrogens is 320 g/mol. The summed E-state index contributed by atoms with van der Waals surface area (Å²) in [5.74, 6) is -0.588. The number of ether oxygens (including phenoxy) is 1. The van der Waals surface area contributed by atoms with E-state index in [1.807, 2.05) is 6.07 Å². The molecular formula is C20H18O5. The van der Waals surface area contributed by atoms with Gasteiger partial charge in [-0.3, -0.25) is 9.59 Å². The minimum absolute atomic E-state index is 0.0444. The molecule has 0 amide bonds. The van der Waals surface area contributed by atoms with Crippen molar-refractivity contribution in [3.8, 4) is 5.75 Å². The van der Waals surface area contributed by atoms with Crippen LogP contribution >= 0.6 is 0 Å². The van der Waals surface area contributed by atoms with Gasteiger partial charge in [0.05, 0.1) is 18.6 Å². The van der Waals surface area contributed by atoms with Gasteiger partial charge in [-0.2, -0.15) is 0 Å². The number of benzene rings is 2. The van der Waals surface area contributed by atoms with Crippen molar-refractivity contribution in [1.29, 1.82) is 0 Å². The SMILES string of the molecule is COC(=O)C(C)Cc1oc2ccc(O)cc2c1C(=O)c1ccccc1. The van der Waals surface area contributed by atoms with E-state index in [0.29, 0.717) is 27.9 Å². The topological polar surface area (TPSA) is 76.7 Å². The third-order valence-electron chi connectivity index (χ3n) is 4.10. The number of ketones is 1. The highest BCUT2D eigenvalue weighted by atomic mass is 16.5. The molecule has 0 saturated carbocycles. The number of esters is 1. The van der Waals surface area contributed by atoms with Crippen molar-refractivity contribution >= 4 is 22.7 Å². The number of methoxy groups -OCH3 is 1. The average molecular weight is 338 g/mol. The Hall–Kier alpha value is -3.08. The van der Waals surface area contributed by atoms with Crippen molar-refractivity contribution in [1.82, 2.24) is 0 Å². The molecule has 1 unspecified atom stereocenters. The second kappa shape index (κ2) is 6.81. The van der Waals surface area contributed by atoms with E-state index in [-0.39, 0.29) is 23.9 Å². The third-order valence-corrected chi connectivity index (χ3v) is 4.10. The summed E-state index contributed by atoms with van der Waals surface area (Å²) in [6, 6.07) is 13.4. The molecule has 5 nitrogen and oxygen atoms in total. The molecule has 0 spiro atoms.